The van der Waals surface area contributed by atoms with E-state index in [4.69, 9.17) is 16.3 Å². The van der Waals surface area contributed by atoms with E-state index in [1.165, 1.54) is 11.8 Å². The molecule has 1 aliphatic heterocycles. The second-order valence-electron chi connectivity index (χ2n) is 7.38. The number of nitrogens with zero attached hydrogens (tertiary/aromatic N) is 1. The van der Waals surface area contributed by atoms with Crippen molar-refractivity contribution in [1.82, 2.24) is 10.2 Å². The lowest BCUT2D eigenvalue weighted by Gasteiger charge is -2.38. The summed E-state index contributed by atoms with van der Waals surface area (Å²) in [5, 5.41) is 4.31. The molecular formula is C21H27ClN2O3S. The normalized spacial score (nSPS) is 20.8. The van der Waals surface area contributed by atoms with Gasteiger partial charge in [0.25, 0.3) is 0 Å². The van der Waals surface area contributed by atoms with Gasteiger partial charge in [0.2, 0.25) is 0 Å². The van der Waals surface area contributed by atoms with Crippen molar-refractivity contribution in [3.05, 3.63) is 59.1 Å². The Kier molecular flexibility index (Phi) is 6.99. The molecule has 3 rings (SSSR count). The van der Waals surface area contributed by atoms with Crippen molar-refractivity contribution < 1.29 is 13.2 Å². The zero-order chi connectivity index (χ0) is 20.1. The Hall–Kier alpha value is -1.60. The Morgan fingerprint density at radius 1 is 1.21 bits per heavy atom. The number of hydrogen-bond acceptors (Lipinski definition) is 5. The topological polar surface area (TPSA) is 58.6 Å². The van der Waals surface area contributed by atoms with Crippen molar-refractivity contribution in [2.24, 2.45) is 0 Å². The van der Waals surface area contributed by atoms with Crippen molar-refractivity contribution in [2.75, 3.05) is 32.5 Å². The summed E-state index contributed by atoms with van der Waals surface area (Å²) in [5.41, 5.74) is 1.25. The molecule has 7 heteroatoms. The van der Waals surface area contributed by atoms with Gasteiger partial charge in [0.05, 0.1) is 10.9 Å². The number of piperazine rings is 1. The van der Waals surface area contributed by atoms with Crippen molar-refractivity contribution in [3.8, 4) is 5.75 Å². The molecule has 28 heavy (non-hydrogen) atoms. The Morgan fingerprint density at radius 2 is 1.96 bits per heavy atom. The maximum atomic E-state index is 11.5. The summed E-state index contributed by atoms with van der Waals surface area (Å²) in [6, 6.07) is 15.3. The summed E-state index contributed by atoms with van der Waals surface area (Å²) >= 11 is 6.08. The first kappa shape index (κ1) is 21.1. The second-order valence-corrected chi connectivity index (χ2v) is 9.84. The van der Waals surface area contributed by atoms with Crippen molar-refractivity contribution in [2.45, 2.75) is 30.3 Å². The van der Waals surface area contributed by atoms with Gasteiger partial charge in [0.1, 0.15) is 12.4 Å². The Labute approximate surface area is 172 Å². The van der Waals surface area contributed by atoms with Gasteiger partial charge in [0, 0.05) is 37.0 Å². The highest BCUT2D eigenvalue weighted by atomic mass is 35.5. The van der Waals surface area contributed by atoms with E-state index in [9.17, 15) is 8.42 Å². The van der Waals surface area contributed by atoms with Crippen LogP contribution < -0.4 is 10.1 Å². The molecule has 0 aromatic heterocycles. The van der Waals surface area contributed by atoms with Crippen LogP contribution in [-0.4, -0.2) is 57.9 Å². The minimum atomic E-state index is -3.18. The lowest BCUT2D eigenvalue weighted by Crippen LogP contribution is -2.57. The average Bonchev–Trinajstić information content (AvgIpc) is 2.66. The molecule has 2 aromatic rings. The molecule has 0 saturated carbocycles. The monoisotopic (exact) mass is 422 g/mol. The third-order valence-electron chi connectivity index (χ3n) is 5.06. The molecule has 0 spiro atoms. The van der Waals surface area contributed by atoms with Crippen LogP contribution in [0.25, 0.3) is 0 Å². The second kappa shape index (κ2) is 9.27. The van der Waals surface area contributed by atoms with Gasteiger partial charge in [-0.1, -0.05) is 23.7 Å². The van der Waals surface area contributed by atoms with Gasteiger partial charge in [-0.3, -0.25) is 4.90 Å². The molecule has 0 radical (unpaired) electrons. The quantitative estimate of drug-likeness (QED) is 0.743. The van der Waals surface area contributed by atoms with Crippen LogP contribution >= 0.6 is 11.6 Å². The van der Waals surface area contributed by atoms with Crippen LogP contribution in [0.15, 0.2) is 53.4 Å². The number of ether oxygens (including phenoxy) is 1. The number of benzene rings is 2. The number of halogens is 1. The van der Waals surface area contributed by atoms with E-state index in [1.807, 2.05) is 18.2 Å². The van der Waals surface area contributed by atoms with Crippen LogP contribution in [0.1, 0.15) is 12.5 Å². The summed E-state index contributed by atoms with van der Waals surface area (Å²) in [6.07, 6.45) is 2.17. The van der Waals surface area contributed by atoms with Gasteiger partial charge in [-0.15, -0.1) is 0 Å². The molecule has 1 aliphatic rings. The highest BCUT2D eigenvalue weighted by molar-refractivity contribution is 7.90. The molecule has 1 saturated heterocycles. The van der Waals surface area contributed by atoms with Gasteiger partial charge < -0.3 is 10.1 Å². The number of rotatable bonds is 7. The maximum absolute atomic E-state index is 11.5. The zero-order valence-electron chi connectivity index (χ0n) is 16.3. The van der Waals surface area contributed by atoms with Gasteiger partial charge in [-0.25, -0.2) is 8.42 Å². The predicted octanol–water partition coefficient (Wildman–Crippen LogP) is 3.03. The molecule has 5 nitrogen and oxygen atoms in total. The van der Waals surface area contributed by atoms with Crippen LogP contribution in [0.5, 0.6) is 5.75 Å². The zero-order valence-corrected chi connectivity index (χ0v) is 17.8. The van der Waals surface area contributed by atoms with E-state index < -0.39 is 9.84 Å². The van der Waals surface area contributed by atoms with Crippen molar-refractivity contribution in [3.63, 3.8) is 0 Å². The molecule has 2 aromatic carbocycles. The molecular weight excluding hydrogens is 396 g/mol. The van der Waals surface area contributed by atoms with E-state index in [1.54, 1.807) is 24.3 Å². The fourth-order valence-electron chi connectivity index (χ4n) is 3.36. The van der Waals surface area contributed by atoms with E-state index in [0.717, 1.165) is 31.1 Å². The van der Waals surface area contributed by atoms with Gasteiger partial charge in [0.15, 0.2) is 9.84 Å². The molecule has 2 atom stereocenters. The van der Waals surface area contributed by atoms with Crippen LogP contribution in [0.2, 0.25) is 5.02 Å². The van der Waals surface area contributed by atoms with E-state index in [0.29, 0.717) is 23.3 Å². The summed E-state index contributed by atoms with van der Waals surface area (Å²) in [5.74, 6) is 0.679. The molecule has 152 valence electrons. The molecule has 1 N–H and O–H groups in total. The largest absolute Gasteiger partial charge is 0.492 e. The Bertz CT molecular complexity index is 887. The first-order chi connectivity index (χ1) is 13.3. The molecule has 1 fully saturated rings. The van der Waals surface area contributed by atoms with Crippen molar-refractivity contribution in [1.29, 1.82) is 0 Å². The van der Waals surface area contributed by atoms with Gasteiger partial charge in [-0.05, 0) is 55.3 Å². The molecule has 1 heterocycles. The van der Waals surface area contributed by atoms with E-state index in [-0.39, 0.29) is 6.04 Å². The fourth-order valence-corrected chi connectivity index (χ4v) is 4.21. The third-order valence-corrected chi connectivity index (χ3v) is 6.42. The SMILES string of the molecule is C[C@H]1CN[C@@H](COc2ccc(S(C)(=O)=O)cc2)CN1CCc1cccc(Cl)c1. The van der Waals surface area contributed by atoms with Gasteiger partial charge >= 0.3 is 0 Å². The number of sulfone groups is 1. The standard InChI is InChI=1S/C21H27ClN2O3S/c1-16-13-23-19(14-24(16)11-10-17-4-3-5-18(22)12-17)15-27-20-6-8-21(9-7-20)28(2,25)26/h3-9,12,16,19,23H,10-11,13-15H2,1-2H3/t16-,19+/m0/s1. The lowest BCUT2D eigenvalue weighted by molar-refractivity contribution is 0.116. The highest BCUT2D eigenvalue weighted by Gasteiger charge is 2.25. The van der Waals surface area contributed by atoms with Gasteiger partial charge in [-0.2, -0.15) is 0 Å². The fraction of sp³-hybridized carbons (Fsp3) is 0.429. The molecule has 0 unspecified atom stereocenters. The molecule has 0 amide bonds. The number of nitrogens with one attached hydrogen (secondary N) is 1. The summed E-state index contributed by atoms with van der Waals surface area (Å²) < 4.78 is 28.9. The van der Waals surface area contributed by atoms with Crippen LogP contribution in [0, 0.1) is 0 Å². The summed E-state index contributed by atoms with van der Waals surface area (Å²) in [7, 11) is -3.18. The summed E-state index contributed by atoms with van der Waals surface area (Å²) in [4.78, 5) is 2.77. The van der Waals surface area contributed by atoms with Crippen LogP contribution in [0.3, 0.4) is 0 Å². The third kappa shape index (κ3) is 5.95. The Balaban J connectivity index is 1.51. The molecule has 0 bridgehead atoms. The summed E-state index contributed by atoms with van der Waals surface area (Å²) in [6.45, 7) is 5.56. The van der Waals surface area contributed by atoms with Crippen LogP contribution in [-0.2, 0) is 16.3 Å². The first-order valence-electron chi connectivity index (χ1n) is 9.46. The van der Waals surface area contributed by atoms with Crippen molar-refractivity contribution >= 4 is 21.4 Å². The Morgan fingerprint density at radius 3 is 2.64 bits per heavy atom. The van der Waals surface area contributed by atoms with E-state index >= 15 is 0 Å². The van der Waals surface area contributed by atoms with Crippen LogP contribution in [0.4, 0.5) is 0 Å². The smallest absolute Gasteiger partial charge is 0.175 e. The van der Waals surface area contributed by atoms with E-state index in [2.05, 4.69) is 23.2 Å². The minimum absolute atomic E-state index is 0.227. The first-order valence-corrected chi connectivity index (χ1v) is 11.7. The average molecular weight is 423 g/mol. The lowest BCUT2D eigenvalue weighted by atomic mass is 10.1. The predicted molar refractivity (Wildman–Crippen MR) is 113 cm³/mol. The minimum Gasteiger partial charge on any atom is -0.492 e. The maximum Gasteiger partial charge on any atom is 0.175 e. The number of hydrogen-bond donors (Lipinski definition) is 1. The highest BCUT2D eigenvalue weighted by Crippen LogP contribution is 2.17. The molecule has 0 aliphatic carbocycles.